The zero-order valence-electron chi connectivity index (χ0n) is 12.2. The fraction of sp³-hybridized carbons (Fsp3) is 0.750. The summed E-state index contributed by atoms with van der Waals surface area (Å²) in [6, 6.07) is 3.81. The topological polar surface area (TPSA) is 15.3 Å². The summed E-state index contributed by atoms with van der Waals surface area (Å²) in [5.74, 6) is 0.884. The molecule has 1 saturated carbocycles. The first-order valence-electron chi connectivity index (χ1n) is 7.84. The highest BCUT2D eigenvalue weighted by atomic mass is 32.1. The molecule has 1 aromatic rings. The van der Waals surface area contributed by atoms with Crippen molar-refractivity contribution in [3.63, 3.8) is 0 Å². The molecule has 0 spiro atoms. The third-order valence-electron chi connectivity index (χ3n) is 4.96. The largest absolute Gasteiger partial charge is 0.316 e. The lowest BCUT2D eigenvalue weighted by atomic mass is 9.76. The van der Waals surface area contributed by atoms with E-state index in [1.54, 1.807) is 10.4 Å². The van der Waals surface area contributed by atoms with Gasteiger partial charge in [0.2, 0.25) is 0 Å². The van der Waals surface area contributed by atoms with Crippen molar-refractivity contribution in [2.45, 2.75) is 51.6 Å². The molecule has 0 aromatic carbocycles. The Kier molecular flexibility index (Phi) is 4.25. The molecule has 19 heavy (non-hydrogen) atoms. The number of fused-ring (bicyclic) bond motifs is 1. The normalized spacial score (nSPS) is 30.9. The van der Waals surface area contributed by atoms with E-state index in [9.17, 15) is 0 Å². The predicted octanol–water partition coefficient (Wildman–Crippen LogP) is 3.45. The Morgan fingerprint density at radius 2 is 2.32 bits per heavy atom. The first-order valence-corrected chi connectivity index (χ1v) is 8.72. The van der Waals surface area contributed by atoms with Crippen LogP contribution in [0.5, 0.6) is 0 Å². The Hall–Kier alpha value is -0.380. The molecule has 1 N–H and O–H groups in total. The van der Waals surface area contributed by atoms with E-state index >= 15 is 0 Å². The van der Waals surface area contributed by atoms with Crippen LogP contribution in [0.1, 0.15) is 49.6 Å². The molecule has 1 fully saturated rings. The average Bonchev–Trinajstić information content (AvgIpc) is 2.86. The molecule has 1 aliphatic carbocycles. The van der Waals surface area contributed by atoms with Crippen LogP contribution in [0.25, 0.3) is 0 Å². The van der Waals surface area contributed by atoms with E-state index in [-0.39, 0.29) is 0 Å². The van der Waals surface area contributed by atoms with Gasteiger partial charge in [0, 0.05) is 23.5 Å². The second kappa shape index (κ2) is 5.94. The minimum Gasteiger partial charge on any atom is -0.316 e. The Morgan fingerprint density at radius 1 is 1.42 bits per heavy atom. The number of thiophene rings is 1. The second-order valence-corrected chi connectivity index (χ2v) is 7.07. The number of nitrogens with one attached hydrogen (secondary N) is 1. The van der Waals surface area contributed by atoms with Gasteiger partial charge in [-0.1, -0.05) is 6.92 Å². The van der Waals surface area contributed by atoms with Gasteiger partial charge in [-0.25, -0.2) is 0 Å². The summed E-state index contributed by atoms with van der Waals surface area (Å²) in [6.45, 7) is 8.31. The van der Waals surface area contributed by atoms with Gasteiger partial charge in [-0.2, -0.15) is 0 Å². The van der Waals surface area contributed by atoms with Crippen LogP contribution in [-0.4, -0.2) is 30.6 Å². The van der Waals surface area contributed by atoms with Crippen LogP contribution in [0.15, 0.2) is 11.4 Å². The molecule has 1 aromatic heterocycles. The molecule has 3 heteroatoms. The van der Waals surface area contributed by atoms with E-state index < -0.39 is 0 Å². The number of hydrogen-bond donors (Lipinski definition) is 1. The lowest BCUT2D eigenvalue weighted by Gasteiger charge is -2.49. The average molecular weight is 278 g/mol. The first kappa shape index (κ1) is 13.6. The summed E-state index contributed by atoms with van der Waals surface area (Å²) in [6.07, 6.45) is 5.34. The highest BCUT2D eigenvalue weighted by Crippen LogP contribution is 2.40. The van der Waals surface area contributed by atoms with Crippen molar-refractivity contribution in [1.82, 2.24) is 10.2 Å². The number of nitrogens with zero attached hydrogens (tertiary/aromatic N) is 1. The van der Waals surface area contributed by atoms with Crippen LogP contribution in [0.4, 0.5) is 0 Å². The van der Waals surface area contributed by atoms with Gasteiger partial charge in [-0.15, -0.1) is 11.3 Å². The molecule has 1 aliphatic heterocycles. The Morgan fingerprint density at radius 3 is 3.05 bits per heavy atom. The number of rotatable bonds is 5. The second-order valence-electron chi connectivity index (χ2n) is 6.07. The fourth-order valence-electron chi connectivity index (χ4n) is 3.67. The lowest BCUT2D eigenvalue weighted by molar-refractivity contribution is 0.0275. The van der Waals surface area contributed by atoms with Crippen molar-refractivity contribution in [3.8, 4) is 0 Å². The van der Waals surface area contributed by atoms with E-state index in [0.717, 1.165) is 12.0 Å². The highest BCUT2D eigenvalue weighted by molar-refractivity contribution is 7.10. The van der Waals surface area contributed by atoms with Gasteiger partial charge in [0.05, 0.1) is 0 Å². The van der Waals surface area contributed by atoms with Gasteiger partial charge in [-0.05, 0) is 68.6 Å². The third-order valence-corrected chi connectivity index (χ3v) is 5.96. The molecule has 0 saturated heterocycles. The van der Waals surface area contributed by atoms with Crippen LogP contribution < -0.4 is 5.32 Å². The zero-order valence-corrected chi connectivity index (χ0v) is 13.0. The summed E-state index contributed by atoms with van der Waals surface area (Å²) < 4.78 is 0. The Labute approximate surface area is 121 Å². The van der Waals surface area contributed by atoms with E-state index in [0.29, 0.717) is 6.04 Å². The van der Waals surface area contributed by atoms with Crippen molar-refractivity contribution in [2.75, 3.05) is 19.6 Å². The van der Waals surface area contributed by atoms with E-state index in [4.69, 9.17) is 0 Å². The Balaban J connectivity index is 1.61. The van der Waals surface area contributed by atoms with Crippen molar-refractivity contribution in [2.24, 2.45) is 5.92 Å². The quantitative estimate of drug-likeness (QED) is 0.830. The highest BCUT2D eigenvalue weighted by Gasteiger charge is 2.39. The molecule has 0 radical (unpaired) electrons. The van der Waals surface area contributed by atoms with Crippen molar-refractivity contribution in [3.05, 3.63) is 21.9 Å². The van der Waals surface area contributed by atoms with Crippen LogP contribution in [-0.2, 0) is 6.42 Å². The third kappa shape index (κ3) is 2.61. The van der Waals surface area contributed by atoms with Crippen LogP contribution in [0.3, 0.4) is 0 Å². The monoisotopic (exact) mass is 278 g/mol. The van der Waals surface area contributed by atoms with E-state index in [2.05, 4.69) is 35.5 Å². The lowest BCUT2D eigenvalue weighted by Crippen LogP contribution is -2.53. The van der Waals surface area contributed by atoms with Crippen molar-refractivity contribution in [1.29, 1.82) is 0 Å². The molecule has 2 aliphatic rings. The van der Waals surface area contributed by atoms with Gasteiger partial charge in [0.25, 0.3) is 0 Å². The summed E-state index contributed by atoms with van der Waals surface area (Å²) in [7, 11) is 0. The number of hydrogen-bond acceptors (Lipinski definition) is 3. The van der Waals surface area contributed by atoms with E-state index in [1.165, 1.54) is 45.3 Å². The maximum atomic E-state index is 3.61. The van der Waals surface area contributed by atoms with Gasteiger partial charge in [0.15, 0.2) is 0 Å². The molecule has 106 valence electrons. The standard InChI is InChI=1S/C16H26N2S/c1-3-8-17-11-13-4-5-15(13)18-9-6-16-14(12(18)2)7-10-19-16/h7,10,12-13,15,17H,3-6,8-9,11H2,1-2H3. The summed E-state index contributed by atoms with van der Waals surface area (Å²) >= 11 is 1.95. The smallest absolute Gasteiger partial charge is 0.0334 e. The molecule has 0 bridgehead atoms. The van der Waals surface area contributed by atoms with Gasteiger partial charge in [-0.3, -0.25) is 4.90 Å². The molecule has 3 atom stereocenters. The maximum Gasteiger partial charge on any atom is 0.0334 e. The van der Waals surface area contributed by atoms with Gasteiger partial charge >= 0.3 is 0 Å². The molecule has 3 unspecified atom stereocenters. The Bertz CT molecular complexity index is 415. The first-order chi connectivity index (χ1) is 9.31. The minimum absolute atomic E-state index is 0.633. The van der Waals surface area contributed by atoms with Gasteiger partial charge in [0.1, 0.15) is 0 Å². The summed E-state index contributed by atoms with van der Waals surface area (Å²) in [5.41, 5.74) is 1.60. The molecule has 2 heterocycles. The van der Waals surface area contributed by atoms with Crippen molar-refractivity contribution < 1.29 is 0 Å². The van der Waals surface area contributed by atoms with E-state index in [1.807, 2.05) is 11.3 Å². The van der Waals surface area contributed by atoms with Crippen LogP contribution in [0.2, 0.25) is 0 Å². The van der Waals surface area contributed by atoms with Crippen molar-refractivity contribution >= 4 is 11.3 Å². The van der Waals surface area contributed by atoms with Crippen LogP contribution in [0, 0.1) is 5.92 Å². The molecule has 2 nitrogen and oxygen atoms in total. The fourth-order valence-corrected chi connectivity index (χ4v) is 4.64. The minimum atomic E-state index is 0.633. The zero-order chi connectivity index (χ0) is 13.2. The van der Waals surface area contributed by atoms with Gasteiger partial charge < -0.3 is 5.32 Å². The maximum absolute atomic E-state index is 3.61. The molecule has 3 rings (SSSR count). The predicted molar refractivity (Wildman–Crippen MR) is 82.8 cm³/mol. The van der Waals surface area contributed by atoms with Crippen LogP contribution >= 0.6 is 11.3 Å². The SMILES string of the molecule is CCCNCC1CCC1N1CCc2sccc2C1C. The molecular weight excluding hydrogens is 252 g/mol. The molecular formula is C16H26N2S. The summed E-state index contributed by atoms with van der Waals surface area (Å²) in [4.78, 5) is 4.40. The summed E-state index contributed by atoms with van der Waals surface area (Å²) in [5, 5.41) is 5.88. The molecule has 0 amide bonds.